The van der Waals surface area contributed by atoms with Crippen molar-refractivity contribution in [3.63, 3.8) is 0 Å². The average Bonchev–Trinajstić information content (AvgIpc) is 2.99. The Kier molecular flexibility index (Phi) is 2.57. The summed E-state index contributed by atoms with van der Waals surface area (Å²) < 4.78 is 0. The van der Waals surface area contributed by atoms with E-state index in [9.17, 15) is 0 Å². The lowest BCUT2D eigenvalue weighted by atomic mass is 10.4. The summed E-state index contributed by atoms with van der Waals surface area (Å²) in [7, 11) is 1.75. The molecule has 0 aliphatic heterocycles. The van der Waals surface area contributed by atoms with Crippen LogP contribution in [0.5, 0.6) is 0 Å². The van der Waals surface area contributed by atoms with Crippen LogP contribution < -0.4 is 5.32 Å². The summed E-state index contributed by atoms with van der Waals surface area (Å²) in [5, 5.41) is 19.0. The maximum absolute atomic E-state index is 4.16. The molecule has 0 fully saturated rings. The number of aryl methyl sites for hydroxylation is 1. The highest BCUT2D eigenvalue weighted by Crippen LogP contribution is 2.31. The molecule has 0 radical (unpaired) electrons. The minimum Gasteiger partial charge on any atom is -0.323 e. The van der Waals surface area contributed by atoms with Gasteiger partial charge in [-0.25, -0.2) is 4.98 Å². The molecule has 0 bridgehead atoms. The van der Waals surface area contributed by atoms with E-state index in [2.05, 4.69) is 25.7 Å². The molecule has 0 amide bonds. The summed E-state index contributed by atoms with van der Waals surface area (Å²) in [4.78, 5) is 6.59. The lowest BCUT2D eigenvalue weighted by molar-refractivity contribution is 0.630. The zero-order valence-corrected chi connectivity index (χ0v) is 10.5. The van der Waals surface area contributed by atoms with Crippen molar-refractivity contribution < 1.29 is 0 Å². The first kappa shape index (κ1) is 10.4. The van der Waals surface area contributed by atoms with Crippen molar-refractivity contribution in [3.8, 4) is 10.7 Å². The van der Waals surface area contributed by atoms with Crippen LogP contribution in [-0.2, 0) is 7.05 Å². The summed E-state index contributed by atoms with van der Waals surface area (Å²) in [6.45, 7) is 0. The van der Waals surface area contributed by atoms with E-state index in [0.29, 0.717) is 5.82 Å². The first-order chi connectivity index (χ1) is 8.31. The van der Waals surface area contributed by atoms with Crippen molar-refractivity contribution in [1.82, 2.24) is 25.2 Å². The van der Waals surface area contributed by atoms with Crippen molar-refractivity contribution >= 4 is 32.8 Å². The van der Waals surface area contributed by atoms with Crippen LogP contribution in [-0.4, -0.2) is 25.2 Å². The average molecular weight is 264 g/mol. The minimum absolute atomic E-state index is 0.643. The Morgan fingerprint density at radius 2 is 2.29 bits per heavy atom. The van der Waals surface area contributed by atoms with Crippen molar-refractivity contribution in [2.45, 2.75) is 0 Å². The molecule has 0 aliphatic rings. The summed E-state index contributed by atoms with van der Waals surface area (Å²) in [5.74, 6) is 0.643. The second-order valence-electron chi connectivity index (χ2n) is 3.23. The van der Waals surface area contributed by atoms with Gasteiger partial charge in [-0.2, -0.15) is 4.80 Å². The highest BCUT2D eigenvalue weighted by atomic mass is 32.1. The van der Waals surface area contributed by atoms with E-state index >= 15 is 0 Å². The molecule has 0 unspecified atom stereocenters. The molecule has 0 aromatic carbocycles. The molecule has 3 heterocycles. The van der Waals surface area contributed by atoms with E-state index < -0.39 is 0 Å². The van der Waals surface area contributed by atoms with Crippen LogP contribution in [0.2, 0.25) is 0 Å². The van der Waals surface area contributed by atoms with Gasteiger partial charge in [0.05, 0.1) is 16.9 Å². The third-order valence-corrected chi connectivity index (χ3v) is 3.68. The van der Waals surface area contributed by atoms with E-state index in [4.69, 9.17) is 0 Å². The van der Waals surface area contributed by atoms with Gasteiger partial charge in [0, 0.05) is 11.6 Å². The van der Waals surface area contributed by atoms with Crippen molar-refractivity contribution in [2.75, 3.05) is 5.32 Å². The first-order valence-electron chi connectivity index (χ1n) is 4.82. The molecule has 86 valence electrons. The maximum atomic E-state index is 4.16. The van der Waals surface area contributed by atoms with Gasteiger partial charge in [-0.3, -0.25) is 0 Å². The summed E-state index contributed by atoms with van der Waals surface area (Å²) in [6.07, 6.45) is 1.77. The molecule has 3 aromatic rings. The van der Waals surface area contributed by atoms with Gasteiger partial charge in [-0.05, 0) is 17.3 Å². The fourth-order valence-corrected chi connectivity index (χ4v) is 2.73. The number of hydrogen-bond acceptors (Lipinski definition) is 7. The number of nitrogens with zero attached hydrogens (tertiary/aromatic N) is 5. The molecular weight excluding hydrogens is 256 g/mol. The standard InChI is InChI=1S/C9H8N6S2/c1-15-13-8(12-14-15)6-2-3-7(17-6)11-9-10-4-5-16-9/h2-5H,1H3,(H,10,11). The van der Waals surface area contributed by atoms with Crippen LogP contribution in [0.4, 0.5) is 10.1 Å². The van der Waals surface area contributed by atoms with Gasteiger partial charge in [0.25, 0.3) is 0 Å². The molecule has 3 rings (SSSR count). The smallest absolute Gasteiger partial charge is 0.214 e. The third-order valence-electron chi connectivity index (χ3n) is 2.00. The monoisotopic (exact) mass is 264 g/mol. The summed E-state index contributed by atoms with van der Waals surface area (Å²) in [6, 6.07) is 3.95. The van der Waals surface area contributed by atoms with E-state index in [-0.39, 0.29) is 0 Å². The van der Waals surface area contributed by atoms with Gasteiger partial charge in [0.1, 0.15) is 0 Å². The number of aromatic nitrogens is 5. The van der Waals surface area contributed by atoms with Gasteiger partial charge in [0.2, 0.25) is 5.82 Å². The predicted molar refractivity (Wildman–Crippen MR) is 67.5 cm³/mol. The van der Waals surface area contributed by atoms with E-state index in [1.165, 1.54) is 4.80 Å². The fraction of sp³-hybridized carbons (Fsp3) is 0.111. The Morgan fingerprint density at radius 1 is 1.35 bits per heavy atom. The molecule has 3 aromatic heterocycles. The molecule has 0 spiro atoms. The fourth-order valence-electron chi connectivity index (χ4n) is 1.30. The molecule has 0 aliphatic carbocycles. The Bertz CT molecular complexity index is 611. The highest BCUT2D eigenvalue weighted by molar-refractivity contribution is 7.20. The van der Waals surface area contributed by atoms with Gasteiger partial charge < -0.3 is 5.32 Å². The maximum Gasteiger partial charge on any atom is 0.214 e. The molecular formula is C9H8N6S2. The van der Waals surface area contributed by atoms with E-state index in [1.807, 2.05) is 17.5 Å². The second kappa shape index (κ2) is 4.22. The Labute approximate surface area is 105 Å². The summed E-state index contributed by atoms with van der Waals surface area (Å²) >= 11 is 3.14. The van der Waals surface area contributed by atoms with E-state index in [1.54, 1.807) is 35.9 Å². The first-order valence-corrected chi connectivity index (χ1v) is 6.51. The Hall–Kier alpha value is -1.80. The number of rotatable bonds is 3. The summed E-state index contributed by atoms with van der Waals surface area (Å²) in [5.41, 5.74) is 0. The van der Waals surface area contributed by atoms with Crippen LogP contribution >= 0.6 is 22.7 Å². The number of thiophene rings is 1. The van der Waals surface area contributed by atoms with Crippen LogP contribution in [0.1, 0.15) is 0 Å². The normalized spacial score (nSPS) is 10.6. The quantitative estimate of drug-likeness (QED) is 0.785. The lowest BCUT2D eigenvalue weighted by Crippen LogP contribution is -1.91. The van der Waals surface area contributed by atoms with Gasteiger partial charge >= 0.3 is 0 Å². The number of nitrogens with one attached hydrogen (secondary N) is 1. The molecule has 0 atom stereocenters. The largest absolute Gasteiger partial charge is 0.323 e. The minimum atomic E-state index is 0.643. The third kappa shape index (κ3) is 2.17. The Morgan fingerprint density at radius 3 is 3.00 bits per heavy atom. The molecule has 17 heavy (non-hydrogen) atoms. The van der Waals surface area contributed by atoms with E-state index in [0.717, 1.165) is 15.0 Å². The van der Waals surface area contributed by atoms with Crippen LogP contribution in [0.3, 0.4) is 0 Å². The SMILES string of the molecule is Cn1nnc(-c2ccc(Nc3nccs3)s2)n1. The predicted octanol–water partition coefficient (Wildman–Crippen LogP) is 2.14. The molecule has 8 heteroatoms. The van der Waals surface area contributed by atoms with Crippen molar-refractivity contribution in [3.05, 3.63) is 23.7 Å². The van der Waals surface area contributed by atoms with Gasteiger partial charge in [0.15, 0.2) is 5.13 Å². The molecule has 1 N–H and O–H groups in total. The van der Waals surface area contributed by atoms with Gasteiger partial charge in [-0.15, -0.1) is 32.9 Å². The Balaban J connectivity index is 1.83. The number of tetrazole rings is 1. The van der Waals surface area contributed by atoms with Crippen LogP contribution in [0, 0.1) is 0 Å². The zero-order valence-electron chi connectivity index (χ0n) is 8.86. The number of anilines is 2. The highest BCUT2D eigenvalue weighted by Gasteiger charge is 2.08. The lowest BCUT2D eigenvalue weighted by Gasteiger charge is -1.95. The number of thiazole rings is 1. The van der Waals surface area contributed by atoms with Gasteiger partial charge in [-0.1, -0.05) is 0 Å². The molecule has 0 saturated heterocycles. The van der Waals surface area contributed by atoms with Crippen LogP contribution in [0.25, 0.3) is 10.7 Å². The molecule has 6 nitrogen and oxygen atoms in total. The second-order valence-corrected chi connectivity index (χ2v) is 5.21. The van der Waals surface area contributed by atoms with Crippen molar-refractivity contribution in [1.29, 1.82) is 0 Å². The van der Waals surface area contributed by atoms with Crippen LogP contribution in [0.15, 0.2) is 23.7 Å². The topological polar surface area (TPSA) is 68.5 Å². The van der Waals surface area contributed by atoms with Crippen molar-refractivity contribution in [2.24, 2.45) is 7.05 Å². The number of hydrogen-bond donors (Lipinski definition) is 1. The molecule has 0 saturated carbocycles. The zero-order chi connectivity index (χ0) is 11.7.